The van der Waals surface area contributed by atoms with Crippen molar-refractivity contribution < 1.29 is 14.3 Å². The van der Waals surface area contributed by atoms with Gasteiger partial charge >= 0.3 is 6.03 Å². The Morgan fingerprint density at radius 3 is 2.49 bits per heavy atom. The highest BCUT2D eigenvalue weighted by molar-refractivity contribution is 5.89. The zero-order chi connectivity index (χ0) is 30.2. The van der Waals surface area contributed by atoms with E-state index in [1.54, 1.807) is 14.2 Å². The first-order valence-electron chi connectivity index (χ1n) is 15.1. The second-order valence-electron chi connectivity index (χ2n) is 11.3. The minimum absolute atomic E-state index is 0.112. The molecule has 4 N–H and O–H groups in total. The Bertz CT molecular complexity index is 1520. The van der Waals surface area contributed by atoms with Crippen LogP contribution in [0, 0.1) is 0 Å². The number of carbonyl (C=O) groups is 2. The molecule has 9 nitrogen and oxygen atoms in total. The van der Waals surface area contributed by atoms with Crippen LogP contribution in [0.1, 0.15) is 43.0 Å². The van der Waals surface area contributed by atoms with Gasteiger partial charge in [-0.3, -0.25) is 4.79 Å². The lowest BCUT2D eigenvalue weighted by Gasteiger charge is -2.33. The molecule has 0 unspecified atom stereocenters. The summed E-state index contributed by atoms with van der Waals surface area (Å²) in [6.45, 7) is 2.98. The summed E-state index contributed by atoms with van der Waals surface area (Å²) in [7, 11) is 3.31. The molecule has 1 aliphatic heterocycles. The van der Waals surface area contributed by atoms with E-state index in [4.69, 9.17) is 15.5 Å². The molecule has 0 saturated carbocycles. The van der Waals surface area contributed by atoms with Gasteiger partial charge in [-0.2, -0.15) is 0 Å². The van der Waals surface area contributed by atoms with Crippen LogP contribution >= 0.6 is 0 Å². The Morgan fingerprint density at radius 1 is 1.05 bits per heavy atom. The molecule has 0 radical (unpaired) electrons. The second kappa shape index (κ2) is 14.3. The largest absolute Gasteiger partial charge is 0.385 e. The van der Waals surface area contributed by atoms with Crippen molar-refractivity contribution in [3.63, 3.8) is 0 Å². The lowest BCUT2D eigenvalue weighted by molar-refractivity contribution is -0.132. The summed E-state index contributed by atoms with van der Waals surface area (Å²) in [6.07, 6.45) is 3.84. The number of hydrogen-bond donors (Lipinski definition) is 3. The molecule has 1 fully saturated rings. The highest BCUT2D eigenvalue weighted by atomic mass is 16.5. The van der Waals surface area contributed by atoms with E-state index in [1.165, 1.54) is 0 Å². The molecule has 3 aromatic carbocycles. The average Bonchev–Trinajstić information content (AvgIpc) is 3.40. The van der Waals surface area contributed by atoms with Gasteiger partial charge in [-0.05, 0) is 66.6 Å². The Hall–Kier alpha value is -4.21. The molecule has 1 aliphatic rings. The van der Waals surface area contributed by atoms with Crippen LogP contribution in [0.4, 0.5) is 10.5 Å². The van der Waals surface area contributed by atoms with Gasteiger partial charge in [0.15, 0.2) is 0 Å². The van der Waals surface area contributed by atoms with E-state index < -0.39 is 0 Å². The summed E-state index contributed by atoms with van der Waals surface area (Å²) in [6, 6.07) is 23.7. The standard InChI is InChI=1S/C34H42N6O3/c1-36-34(42)37-29-16-14-26(15-17-29)25-12-10-24(11-13-25)21-28(35)22-32(41)39-18-5-7-27(23-39)33-38-30-8-3-4-9-31(30)40(33)19-6-20-43-2/h3-4,8-17,27-28H,5-7,18-23,35H2,1-2H3,(H2,36,37,42)/t27-,28-/m1/s1. The number of fused-ring (bicyclic) bond motifs is 1. The van der Waals surface area contributed by atoms with Crippen molar-refractivity contribution in [1.82, 2.24) is 19.8 Å². The first-order chi connectivity index (χ1) is 20.9. The van der Waals surface area contributed by atoms with E-state index in [0.29, 0.717) is 26.0 Å². The number of urea groups is 1. The van der Waals surface area contributed by atoms with Gasteiger partial charge in [-0.15, -0.1) is 0 Å². The number of likely N-dealkylation sites (tertiary alicyclic amines) is 1. The van der Waals surface area contributed by atoms with Crippen molar-refractivity contribution in [1.29, 1.82) is 0 Å². The number of rotatable bonds is 11. The van der Waals surface area contributed by atoms with Gasteiger partial charge in [0.05, 0.1) is 11.0 Å². The van der Waals surface area contributed by atoms with Crippen molar-refractivity contribution in [3.8, 4) is 11.1 Å². The van der Waals surface area contributed by atoms with E-state index in [-0.39, 0.29) is 23.9 Å². The minimum atomic E-state index is -0.257. The number of hydrogen-bond acceptors (Lipinski definition) is 5. The number of nitrogens with two attached hydrogens (primary N) is 1. The van der Waals surface area contributed by atoms with Crippen molar-refractivity contribution in [2.24, 2.45) is 5.73 Å². The molecular weight excluding hydrogens is 540 g/mol. The molecule has 43 heavy (non-hydrogen) atoms. The van der Waals surface area contributed by atoms with Crippen LogP contribution in [-0.2, 0) is 22.5 Å². The zero-order valence-electron chi connectivity index (χ0n) is 25.1. The number of nitrogens with zero attached hydrogens (tertiary/aromatic N) is 3. The number of nitrogens with one attached hydrogen (secondary N) is 2. The summed E-state index contributed by atoms with van der Waals surface area (Å²) < 4.78 is 7.62. The van der Waals surface area contributed by atoms with Gasteiger partial charge < -0.3 is 30.6 Å². The fourth-order valence-electron chi connectivity index (χ4n) is 5.92. The fraction of sp³-hybridized carbons (Fsp3) is 0.382. The summed E-state index contributed by atoms with van der Waals surface area (Å²) >= 11 is 0. The summed E-state index contributed by atoms with van der Waals surface area (Å²) in [5.74, 6) is 1.38. The van der Waals surface area contributed by atoms with Crippen molar-refractivity contribution >= 4 is 28.7 Å². The lowest BCUT2D eigenvalue weighted by Crippen LogP contribution is -2.42. The maximum atomic E-state index is 13.4. The van der Waals surface area contributed by atoms with Gasteiger partial charge in [0, 0.05) is 64.5 Å². The number of amides is 3. The van der Waals surface area contributed by atoms with Crippen LogP contribution in [0.25, 0.3) is 22.2 Å². The van der Waals surface area contributed by atoms with Crippen molar-refractivity contribution in [3.05, 3.63) is 84.2 Å². The molecule has 4 aromatic rings. The van der Waals surface area contributed by atoms with E-state index in [2.05, 4.69) is 57.7 Å². The molecule has 1 saturated heterocycles. The molecule has 1 aromatic heterocycles. The number of piperidine rings is 1. The fourth-order valence-corrected chi connectivity index (χ4v) is 5.92. The van der Waals surface area contributed by atoms with E-state index in [9.17, 15) is 9.59 Å². The van der Waals surface area contributed by atoms with E-state index in [0.717, 1.165) is 71.6 Å². The number of carbonyl (C=O) groups excluding carboxylic acids is 2. The Morgan fingerprint density at radius 2 is 1.77 bits per heavy atom. The summed E-state index contributed by atoms with van der Waals surface area (Å²) in [5.41, 5.74) is 12.6. The summed E-state index contributed by atoms with van der Waals surface area (Å²) in [5, 5.41) is 5.31. The maximum Gasteiger partial charge on any atom is 0.318 e. The van der Waals surface area contributed by atoms with Gasteiger partial charge in [0.25, 0.3) is 0 Å². The third kappa shape index (κ3) is 7.60. The second-order valence-corrected chi connectivity index (χ2v) is 11.3. The quantitative estimate of drug-likeness (QED) is 0.212. The Balaban J connectivity index is 1.17. The molecule has 0 aliphatic carbocycles. The zero-order valence-corrected chi connectivity index (χ0v) is 25.1. The first-order valence-corrected chi connectivity index (χ1v) is 15.1. The SMILES string of the molecule is CNC(=O)Nc1ccc(-c2ccc(C[C@@H](N)CC(=O)N3CCC[C@@H](c4nc5ccccc5n4CCCOC)C3)cc2)cc1. The van der Waals surface area contributed by atoms with Crippen LogP contribution in [-0.4, -0.2) is 66.3 Å². The molecule has 0 bridgehead atoms. The topological polar surface area (TPSA) is 115 Å². The number of benzene rings is 3. The maximum absolute atomic E-state index is 13.4. The molecule has 5 rings (SSSR count). The van der Waals surface area contributed by atoms with Crippen LogP contribution in [0.2, 0.25) is 0 Å². The Kier molecular flexibility index (Phi) is 10.1. The lowest BCUT2D eigenvalue weighted by atomic mass is 9.95. The number of methoxy groups -OCH3 is 1. The first kappa shape index (κ1) is 30.3. The highest BCUT2D eigenvalue weighted by Crippen LogP contribution is 2.30. The number of imidazole rings is 1. The van der Waals surface area contributed by atoms with Crippen molar-refractivity contribution in [2.75, 3.05) is 39.2 Å². The molecule has 226 valence electrons. The normalized spacial score (nSPS) is 15.8. The average molecular weight is 583 g/mol. The predicted octanol–water partition coefficient (Wildman–Crippen LogP) is 5.16. The van der Waals surface area contributed by atoms with Crippen LogP contribution in [0.15, 0.2) is 72.8 Å². The molecule has 2 heterocycles. The van der Waals surface area contributed by atoms with Crippen LogP contribution < -0.4 is 16.4 Å². The predicted molar refractivity (Wildman–Crippen MR) is 171 cm³/mol. The third-order valence-electron chi connectivity index (χ3n) is 8.15. The van der Waals surface area contributed by atoms with Gasteiger partial charge in [0.2, 0.25) is 5.91 Å². The molecular formula is C34H42N6O3. The monoisotopic (exact) mass is 582 g/mol. The summed E-state index contributed by atoms with van der Waals surface area (Å²) in [4.78, 5) is 31.9. The number of ether oxygens (including phenoxy) is 1. The number of anilines is 1. The van der Waals surface area contributed by atoms with E-state index in [1.807, 2.05) is 35.2 Å². The Labute approximate surface area is 253 Å². The van der Waals surface area contributed by atoms with Crippen LogP contribution in [0.3, 0.4) is 0 Å². The van der Waals surface area contributed by atoms with Gasteiger partial charge in [0.1, 0.15) is 5.82 Å². The number of aryl methyl sites for hydroxylation is 1. The van der Waals surface area contributed by atoms with Crippen LogP contribution in [0.5, 0.6) is 0 Å². The van der Waals surface area contributed by atoms with Gasteiger partial charge in [-0.1, -0.05) is 48.5 Å². The smallest absolute Gasteiger partial charge is 0.318 e. The number of para-hydroxylation sites is 2. The van der Waals surface area contributed by atoms with Gasteiger partial charge in [-0.25, -0.2) is 9.78 Å². The molecule has 0 spiro atoms. The third-order valence-corrected chi connectivity index (χ3v) is 8.15. The molecule has 9 heteroatoms. The molecule has 3 amide bonds. The number of aromatic nitrogens is 2. The minimum Gasteiger partial charge on any atom is -0.385 e. The molecule has 2 atom stereocenters. The highest BCUT2D eigenvalue weighted by Gasteiger charge is 2.29. The van der Waals surface area contributed by atoms with Crippen molar-refractivity contribution in [2.45, 2.75) is 50.6 Å². The van der Waals surface area contributed by atoms with E-state index >= 15 is 0 Å².